The maximum absolute atomic E-state index is 7.26. The van der Waals surface area contributed by atoms with Gasteiger partial charge in [0.15, 0.2) is 5.58 Å². The number of rotatable bonds is 10. The van der Waals surface area contributed by atoms with Crippen molar-refractivity contribution in [3.8, 4) is 44.5 Å². The lowest BCUT2D eigenvalue weighted by Crippen LogP contribution is -2.14. The summed E-state index contributed by atoms with van der Waals surface area (Å²) in [4.78, 5) is 4.79. The van der Waals surface area contributed by atoms with Gasteiger partial charge in [-0.15, -0.1) is 0 Å². The van der Waals surface area contributed by atoms with E-state index in [0.717, 1.165) is 94.7 Å². The molecule has 0 atom stereocenters. The lowest BCUT2D eigenvalue weighted by atomic mass is 9.93. The van der Waals surface area contributed by atoms with Crippen molar-refractivity contribution >= 4 is 77.6 Å². The van der Waals surface area contributed by atoms with Crippen molar-refractivity contribution < 1.29 is 4.42 Å². The molecule has 0 saturated heterocycles. The number of benzene rings is 12. The zero-order valence-corrected chi connectivity index (χ0v) is 38.9. The zero-order chi connectivity index (χ0) is 47.1. The van der Waals surface area contributed by atoms with Gasteiger partial charge >= 0.3 is 0 Å². The summed E-state index contributed by atoms with van der Waals surface area (Å²) in [6.07, 6.45) is 0. The molecular weight excluding hydrogens is 861 g/mol. The van der Waals surface area contributed by atoms with E-state index in [1.807, 2.05) is 0 Å². The molecular formula is C68H46N2O. The first kappa shape index (κ1) is 41.7. The molecule has 0 saturated carbocycles. The van der Waals surface area contributed by atoms with Crippen LogP contribution < -0.4 is 9.80 Å². The van der Waals surface area contributed by atoms with Crippen LogP contribution in [0.4, 0.5) is 34.1 Å². The fraction of sp³-hybridized carbons (Fsp3) is 0. The molecule has 13 aromatic rings. The average Bonchev–Trinajstić information content (AvgIpc) is 3.84. The summed E-state index contributed by atoms with van der Waals surface area (Å²) in [5, 5.41) is 6.74. The zero-order valence-electron chi connectivity index (χ0n) is 38.9. The van der Waals surface area contributed by atoms with Crippen molar-refractivity contribution in [2.45, 2.75) is 0 Å². The maximum atomic E-state index is 7.26. The molecule has 1 heterocycles. The maximum Gasteiger partial charge on any atom is 0.159 e. The second kappa shape index (κ2) is 17.9. The first-order chi connectivity index (χ1) is 35.2. The molecule has 334 valence electrons. The number of nitrogens with zero attached hydrogens (tertiary/aromatic N) is 2. The van der Waals surface area contributed by atoms with Gasteiger partial charge in [-0.1, -0.05) is 212 Å². The lowest BCUT2D eigenvalue weighted by molar-refractivity contribution is 0.673. The molecule has 13 rings (SSSR count). The Hall–Kier alpha value is -9.44. The molecule has 0 aliphatic carbocycles. The molecule has 0 bridgehead atoms. The predicted molar refractivity (Wildman–Crippen MR) is 300 cm³/mol. The molecule has 0 amide bonds. The first-order valence-electron chi connectivity index (χ1n) is 24.2. The van der Waals surface area contributed by atoms with Gasteiger partial charge in [0, 0.05) is 44.5 Å². The van der Waals surface area contributed by atoms with Crippen LogP contribution in [0.15, 0.2) is 283 Å². The van der Waals surface area contributed by atoms with Crippen LogP contribution in [0.5, 0.6) is 0 Å². The number of para-hydroxylation sites is 1. The van der Waals surface area contributed by atoms with E-state index in [-0.39, 0.29) is 0 Å². The normalized spacial score (nSPS) is 11.4. The Kier molecular flexibility index (Phi) is 10.5. The second-order valence-electron chi connectivity index (χ2n) is 18.1. The van der Waals surface area contributed by atoms with Crippen LogP contribution in [0.25, 0.3) is 88.0 Å². The van der Waals surface area contributed by atoms with E-state index in [0.29, 0.717) is 0 Å². The first-order valence-corrected chi connectivity index (χ1v) is 24.2. The van der Waals surface area contributed by atoms with Crippen molar-refractivity contribution in [1.29, 1.82) is 0 Å². The number of anilines is 6. The quantitative estimate of drug-likeness (QED) is 0.136. The van der Waals surface area contributed by atoms with Gasteiger partial charge in [-0.25, -0.2) is 0 Å². The molecule has 0 spiro atoms. The standard InChI is InChI=1S/C68H46N2O/c1-5-18-47(19-6-1)49-32-38-56(39-33-49)69(55-27-11-4-12-28-55)66-46-58(45-64-62-42-36-53-25-14-16-30-61(53)67(62)71-68(64)66)70(57-40-34-50(35-41-57)48-20-7-2-8-21-48)65-43-37-54(44-63(65)52-22-9-3-10-23-52)60-31-17-26-51-24-13-15-29-59(51)60/h1-46H. The molecule has 0 aliphatic rings. The van der Waals surface area contributed by atoms with Gasteiger partial charge in [-0.2, -0.15) is 0 Å². The van der Waals surface area contributed by atoms with E-state index in [1.54, 1.807) is 0 Å². The highest BCUT2D eigenvalue weighted by Crippen LogP contribution is 2.50. The molecule has 1 aromatic heterocycles. The van der Waals surface area contributed by atoms with Crippen molar-refractivity contribution in [1.82, 2.24) is 0 Å². The van der Waals surface area contributed by atoms with Crippen LogP contribution >= 0.6 is 0 Å². The molecule has 71 heavy (non-hydrogen) atoms. The molecule has 0 unspecified atom stereocenters. The predicted octanol–water partition coefficient (Wildman–Crippen LogP) is 19.5. The highest BCUT2D eigenvalue weighted by atomic mass is 16.3. The third-order valence-corrected chi connectivity index (χ3v) is 13.8. The van der Waals surface area contributed by atoms with Gasteiger partial charge in [0.05, 0.1) is 11.4 Å². The van der Waals surface area contributed by atoms with Crippen LogP contribution in [0.3, 0.4) is 0 Å². The minimum absolute atomic E-state index is 0.810. The van der Waals surface area contributed by atoms with E-state index < -0.39 is 0 Å². The average molecular weight is 907 g/mol. The van der Waals surface area contributed by atoms with Crippen LogP contribution in [0, 0.1) is 0 Å². The molecule has 3 heteroatoms. The Labute approximate surface area is 413 Å². The number of hydrogen-bond acceptors (Lipinski definition) is 3. The summed E-state index contributed by atoms with van der Waals surface area (Å²) < 4.78 is 7.26. The summed E-state index contributed by atoms with van der Waals surface area (Å²) in [5.41, 5.74) is 17.0. The Balaban J connectivity index is 1.10. The third kappa shape index (κ3) is 7.67. The van der Waals surface area contributed by atoms with Crippen LogP contribution in [-0.2, 0) is 0 Å². The fourth-order valence-corrected chi connectivity index (χ4v) is 10.4. The van der Waals surface area contributed by atoms with E-state index >= 15 is 0 Å². The Morgan fingerprint density at radius 2 is 0.704 bits per heavy atom. The van der Waals surface area contributed by atoms with Crippen molar-refractivity contribution in [2.75, 3.05) is 9.80 Å². The van der Waals surface area contributed by atoms with Crippen LogP contribution in [0.1, 0.15) is 0 Å². The van der Waals surface area contributed by atoms with Gasteiger partial charge < -0.3 is 14.2 Å². The molecule has 0 N–H and O–H groups in total. The second-order valence-corrected chi connectivity index (χ2v) is 18.1. The number of furan rings is 1. The summed E-state index contributed by atoms with van der Waals surface area (Å²) in [5.74, 6) is 0. The SMILES string of the molecule is c1ccc(-c2ccc(N(c3cc(N(c4ccccc4)c4ccc(-c5ccccc5)cc4)c4oc5c6ccccc6ccc5c4c3)c3ccc(-c4cccc5ccccc45)cc3-c3ccccc3)cc2)cc1. The van der Waals surface area contributed by atoms with Gasteiger partial charge in [-0.05, 0) is 122 Å². The highest BCUT2D eigenvalue weighted by molar-refractivity contribution is 6.19. The van der Waals surface area contributed by atoms with E-state index in [9.17, 15) is 0 Å². The molecule has 0 radical (unpaired) electrons. The minimum atomic E-state index is 0.810. The molecule has 0 fully saturated rings. The van der Waals surface area contributed by atoms with Crippen molar-refractivity contribution in [3.05, 3.63) is 279 Å². The Morgan fingerprint density at radius 3 is 1.34 bits per heavy atom. The number of fused-ring (bicyclic) bond motifs is 6. The van der Waals surface area contributed by atoms with Crippen molar-refractivity contribution in [2.24, 2.45) is 0 Å². The summed E-state index contributed by atoms with van der Waals surface area (Å²) in [6.45, 7) is 0. The van der Waals surface area contributed by atoms with E-state index in [2.05, 4.69) is 289 Å². The Bertz CT molecular complexity index is 4010. The summed E-state index contributed by atoms with van der Waals surface area (Å²) in [6, 6.07) is 100. The molecule has 12 aromatic carbocycles. The highest BCUT2D eigenvalue weighted by Gasteiger charge is 2.26. The van der Waals surface area contributed by atoms with E-state index in [1.165, 1.54) is 27.5 Å². The number of hydrogen-bond donors (Lipinski definition) is 0. The monoisotopic (exact) mass is 906 g/mol. The fourth-order valence-electron chi connectivity index (χ4n) is 10.4. The largest absolute Gasteiger partial charge is 0.453 e. The third-order valence-electron chi connectivity index (χ3n) is 13.8. The van der Waals surface area contributed by atoms with Gasteiger partial charge in [0.1, 0.15) is 5.58 Å². The van der Waals surface area contributed by atoms with E-state index in [4.69, 9.17) is 4.42 Å². The smallest absolute Gasteiger partial charge is 0.159 e. The molecule has 3 nitrogen and oxygen atoms in total. The van der Waals surface area contributed by atoms with Crippen LogP contribution in [0.2, 0.25) is 0 Å². The minimum Gasteiger partial charge on any atom is -0.453 e. The van der Waals surface area contributed by atoms with Crippen LogP contribution in [-0.4, -0.2) is 0 Å². The lowest BCUT2D eigenvalue weighted by Gasteiger charge is -2.31. The van der Waals surface area contributed by atoms with Crippen molar-refractivity contribution in [3.63, 3.8) is 0 Å². The van der Waals surface area contributed by atoms with Gasteiger partial charge in [0.2, 0.25) is 0 Å². The topological polar surface area (TPSA) is 19.6 Å². The molecule has 0 aliphatic heterocycles. The summed E-state index contributed by atoms with van der Waals surface area (Å²) >= 11 is 0. The van der Waals surface area contributed by atoms with Gasteiger partial charge in [-0.3, -0.25) is 0 Å². The summed E-state index contributed by atoms with van der Waals surface area (Å²) in [7, 11) is 0. The van der Waals surface area contributed by atoms with Gasteiger partial charge in [0.25, 0.3) is 0 Å². The Morgan fingerprint density at radius 1 is 0.225 bits per heavy atom.